The standard InChI is InChI=1S/C45H48N4O7S/c46-38-12-5-6-13-39(38)49-42(52)15-4-2-1-3-14-41(51)48-27-31-9-7-10-35(25-31)32-20-22-34(23-21-32)45-55-36(29-57-43-37(44(53)54)11-8-24-47-43)26-40(56-45)33-18-16-30(28-50)17-19-33/h5-13,16-25,36,40,45,50H,1-4,14-15,26-29,46H2,(H,48,51)(H,49,52)(H,53,54)/t36-,40+,45+/m1/s1. The molecular formula is C45H48N4O7S. The summed E-state index contributed by atoms with van der Waals surface area (Å²) in [6.45, 7) is 0.374. The summed E-state index contributed by atoms with van der Waals surface area (Å²) in [5.41, 5.74) is 12.8. The Morgan fingerprint density at radius 3 is 2.25 bits per heavy atom. The van der Waals surface area contributed by atoms with E-state index in [1.165, 1.54) is 11.8 Å². The summed E-state index contributed by atoms with van der Waals surface area (Å²) in [4.78, 5) is 40.9. The molecule has 5 aromatic rings. The number of carbonyl (C=O) groups excluding carboxylic acids is 2. The predicted octanol–water partition coefficient (Wildman–Crippen LogP) is 8.45. The molecule has 12 heteroatoms. The first kappa shape index (κ1) is 41.1. The molecule has 2 heterocycles. The van der Waals surface area contributed by atoms with Gasteiger partial charge in [-0.1, -0.05) is 91.7 Å². The number of nitrogens with two attached hydrogens (primary N) is 1. The average molecular weight is 789 g/mol. The van der Waals surface area contributed by atoms with Crippen molar-refractivity contribution in [2.75, 3.05) is 16.8 Å². The lowest BCUT2D eigenvalue weighted by molar-refractivity contribution is -0.245. The smallest absolute Gasteiger partial charge is 0.338 e. The minimum absolute atomic E-state index is 0.00348. The van der Waals surface area contributed by atoms with Crippen LogP contribution in [0, 0.1) is 0 Å². The maximum Gasteiger partial charge on any atom is 0.338 e. The van der Waals surface area contributed by atoms with E-state index in [1.807, 2.05) is 78.9 Å². The normalized spacial score (nSPS) is 16.5. The monoisotopic (exact) mass is 788 g/mol. The number of nitrogen functional groups attached to an aromatic ring is 1. The van der Waals surface area contributed by atoms with Crippen LogP contribution >= 0.6 is 11.8 Å². The Bertz CT molecular complexity index is 2110. The number of nitrogens with zero attached hydrogens (tertiary/aromatic N) is 1. The highest BCUT2D eigenvalue weighted by atomic mass is 32.2. The number of aliphatic hydroxyl groups is 1. The molecule has 1 saturated heterocycles. The maximum atomic E-state index is 12.6. The molecule has 1 aliphatic rings. The molecule has 0 radical (unpaired) electrons. The molecule has 0 aliphatic carbocycles. The van der Waals surface area contributed by atoms with Crippen molar-refractivity contribution < 1.29 is 34.1 Å². The number of ether oxygens (including phenoxy) is 2. The van der Waals surface area contributed by atoms with Crippen LogP contribution in [0.25, 0.3) is 11.1 Å². The van der Waals surface area contributed by atoms with Crippen molar-refractivity contribution >= 4 is 40.9 Å². The van der Waals surface area contributed by atoms with Crippen LogP contribution in [-0.2, 0) is 32.2 Å². The second-order valence-electron chi connectivity index (χ2n) is 14.0. The van der Waals surface area contributed by atoms with Gasteiger partial charge in [-0.2, -0.15) is 0 Å². The second kappa shape index (κ2) is 20.6. The fourth-order valence-corrected chi connectivity index (χ4v) is 7.60. The van der Waals surface area contributed by atoms with Gasteiger partial charge in [0.15, 0.2) is 6.29 Å². The van der Waals surface area contributed by atoms with Gasteiger partial charge in [-0.05, 0) is 71.0 Å². The molecule has 0 saturated carbocycles. The molecule has 3 atom stereocenters. The van der Waals surface area contributed by atoms with E-state index in [0.29, 0.717) is 48.0 Å². The largest absolute Gasteiger partial charge is 0.478 e. The van der Waals surface area contributed by atoms with E-state index in [2.05, 4.69) is 21.7 Å². The number of thioether (sulfide) groups is 1. The molecule has 6 N–H and O–H groups in total. The number of aliphatic hydroxyl groups excluding tert-OH is 1. The van der Waals surface area contributed by atoms with E-state index in [-0.39, 0.29) is 36.2 Å². The minimum atomic E-state index is -1.03. The topological polar surface area (TPSA) is 173 Å². The van der Waals surface area contributed by atoms with Gasteiger partial charge in [0.2, 0.25) is 11.8 Å². The van der Waals surface area contributed by atoms with E-state index in [4.69, 9.17) is 15.2 Å². The van der Waals surface area contributed by atoms with Crippen LogP contribution in [-0.4, -0.2) is 44.8 Å². The number of nitrogens with one attached hydrogen (secondary N) is 2. The van der Waals surface area contributed by atoms with Gasteiger partial charge >= 0.3 is 5.97 Å². The van der Waals surface area contributed by atoms with E-state index < -0.39 is 12.3 Å². The molecule has 0 spiro atoms. The number of rotatable bonds is 18. The van der Waals surface area contributed by atoms with Crippen LogP contribution in [0.15, 0.2) is 120 Å². The van der Waals surface area contributed by atoms with E-state index in [0.717, 1.165) is 59.1 Å². The van der Waals surface area contributed by atoms with Crippen LogP contribution in [0.3, 0.4) is 0 Å². The zero-order chi connectivity index (χ0) is 40.0. The van der Waals surface area contributed by atoms with Crippen LogP contribution < -0.4 is 16.4 Å². The number of unbranched alkanes of at least 4 members (excludes halogenated alkanes) is 3. The Balaban J connectivity index is 0.999. The molecule has 11 nitrogen and oxygen atoms in total. The first-order valence-corrected chi connectivity index (χ1v) is 20.2. The van der Waals surface area contributed by atoms with Crippen molar-refractivity contribution in [3.05, 3.63) is 143 Å². The van der Waals surface area contributed by atoms with Gasteiger partial charge in [-0.3, -0.25) is 9.59 Å². The van der Waals surface area contributed by atoms with E-state index >= 15 is 0 Å². The first-order chi connectivity index (χ1) is 27.7. The quantitative estimate of drug-likeness (QED) is 0.0329. The molecule has 0 bridgehead atoms. The molecule has 57 heavy (non-hydrogen) atoms. The van der Waals surface area contributed by atoms with Crippen molar-refractivity contribution in [3.63, 3.8) is 0 Å². The molecule has 2 amide bonds. The number of carbonyl (C=O) groups is 3. The van der Waals surface area contributed by atoms with Crippen molar-refractivity contribution in [2.24, 2.45) is 0 Å². The summed E-state index contributed by atoms with van der Waals surface area (Å²) < 4.78 is 13.0. The average Bonchev–Trinajstić information content (AvgIpc) is 3.24. The Kier molecular flexibility index (Phi) is 14.8. The third kappa shape index (κ3) is 12.0. The molecule has 1 aliphatic heterocycles. The SMILES string of the molecule is Nc1ccccc1NC(=O)CCCCCCC(=O)NCc1cccc(-c2ccc([C@H]3O[C@@H](CSc4ncccc4C(=O)O)C[C@@H](c4ccc(CO)cc4)O3)cc2)c1. The highest BCUT2D eigenvalue weighted by molar-refractivity contribution is 7.99. The molecule has 1 fully saturated rings. The molecular weight excluding hydrogens is 741 g/mol. The highest BCUT2D eigenvalue weighted by Gasteiger charge is 2.32. The zero-order valence-electron chi connectivity index (χ0n) is 31.6. The fourth-order valence-electron chi connectivity index (χ4n) is 6.59. The lowest BCUT2D eigenvalue weighted by atomic mass is 9.99. The lowest BCUT2D eigenvalue weighted by Gasteiger charge is -2.36. The molecule has 0 unspecified atom stereocenters. The Morgan fingerprint density at radius 2 is 1.51 bits per heavy atom. The fraction of sp³-hybridized carbons (Fsp3) is 0.289. The van der Waals surface area contributed by atoms with Crippen molar-refractivity contribution in [2.45, 2.75) is 81.6 Å². The molecule has 296 valence electrons. The number of hydrogen-bond acceptors (Lipinski definition) is 9. The summed E-state index contributed by atoms with van der Waals surface area (Å²) in [6, 6.07) is 34.1. The van der Waals surface area contributed by atoms with Crippen molar-refractivity contribution in [3.8, 4) is 11.1 Å². The highest BCUT2D eigenvalue weighted by Crippen LogP contribution is 2.40. The third-order valence-corrected chi connectivity index (χ3v) is 10.9. The van der Waals surface area contributed by atoms with Gasteiger partial charge < -0.3 is 36.1 Å². The number of carboxylic acid groups (broad SMARTS) is 1. The molecule has 4 aromatic carbocycles. The van der Waals surface area contributed by atoms with Gasteiger partial charge in [-0.15, -0.1) is 11.8 Å². The predicted molar refractivity (Wildman–Crippen MR) is 221 cm³/mol. The van der Waals surface area contributed by atoms with Crippen LogP contribution in [0.2, 0.25) is 0 Å². The zero-order valence-corrected chi connectivity index (χ0v) is 32.5. The van der Waals surface area contributed by atoms with Crippen LogP contribution in [0.1, 0.15) is 90.0 Å². The number of carboxylic acids is 1. The number of aromatic carboxylic acids is 1. The summed E-state index contributed by atoms with van der Waals surface area (Å²) in [5.74, 6) is -0.609. The van der Waals surface area contributed by atoms with Gasteiger partial charge in [-0.25, -0.2) is 9.78 Å². The number of para-hydroxylation sites is 2. The first-order valence-electron chi connectivity index (χ1n) is 19.2. The van der Waals surface area contributed by atoms with Gasteiger partial charge in [0.25, 0.3) is 0 Å². The van der Waals surface area contributed by atoms with E-state index in [9.17, 15) is 24.6 Å². The summed E-state index contributed by atoms with van der Waals surface area (Å²) in [5, 5.41) is 25.5. The Hall–Kier alpha value is -5.53. The summed E-state index contributed by atoms with van der Waals surface area (Å²) in [7, 11) is 0. The lowest BCUT2D eigenvalue weighted by Crippen LogP contribution is -2.31. The minimum Gasteiger partial charge on any atom is -0.478 e. The second-order valence-corrected chi connectivity index (χ2v) is 15.0. The van der Waals surface area contributed by atoms with Crippen molar-refractivity contribution in [1.82, 2.24) is 10.3 Å². The van der Waals surface area contributed by atoms with Gasteiger partial charge in [0.05, 0.1) is 35.8 Å². The number of benzene rings is 4. The Labute approximate surface area is 337 Å². The van der Waals surface area contributed by atoms with E-state index in [1.54, 1.807) is 30.5 Å². The summed E-state index contributed by atoms with van der Waals surface area (Å²) >= 11 is 1.35. The van der Waals surface area contributed by atoms with Gasteiger partial charge in [0.1, 0.15) is 5.03 Å². The Morgan fingerprint density at radius 1 is 0.772 bits per heavy atom. The number of pyridine rings is 1. The van der Waals surface area contributed by atoms with Crippen LogP contribution in [0.4, 0.5) is 11.4 Å². The number of anilines is 2. The number of amides is 2. The van der Waals surface area contributed by atoms with Crippen molar-refractivity contribution in [1.29, 1.82) is 0 Å². The molecule has 6 rings (SSSR count). The third-order valence-electron chi connectivity index (χ3n) is 9.75. The maximum absolute atomic E-state index is 12.6. The van der Waals surface area contributed by atoms with Crippen LogP contribution in [0.5, 0.6) is 0 Å². The molecule has 1 aromatic heterocycles. The summed E-state index contributed by atoms with van der Waals surface area (Å²) in [6.07, 6.45) is 5.03. The number of aromatic nitrogens is 1. The number of hydrogen-bond donors (Lipinski definition) is 5. The van der Waals surface area contributed by atoms with Gasteiger partial charge in [0, 0.05) is 43.3 Å².